The topological polar surface area (TPSA) is 85.1 Å². The average molecular weight is 446 g/mol. The molecular weight excluding hydrogens is 435 g/mol. The van der Waals surface area contributed by atoms with Gasteiger partial charge in [0.1, 0.15) is 12.0 Å². The highest BCUT2D eigenvalue weighted by atomic mass is 35.5. The van der Waals surface area contributed by atoms with Gasteiger partial charge in [-0.15, -0.1) is 0 Å². The van der Waals surface area contributed by atoms with Crippen LogP contribution in [0.5, 0.6) is 0 Å². The molecule has 2 heterocycles. The molecule has 2 aromatic heterocycles. The number of nitrogens with zero attached hydrogens (tertiary/aromatic N) is 3. The van der Waals surface area contributed by atoms with Gasteiger partial charge in [-0.25, -0.2) is 14.8 Å². The number of benzene rings is 2. The number of hydrogen-bond donors (Lipinski definition) is 1. The van der Waals surface area contributed by atoms with Gasteiger partial charge in [-0.1, -0.05) is 17.7 Å². The number of halogens is 4. The maximum absolute atomic E-state index is 13.5. The van der Waals surface area contributed by atoms with Crippen LogP contribution >= 0.6 is 11.6 Å². The summed E-state index contributed by atoms with van der Waals surface area (Å²) in [6.45, 7) is 0. The molecule has 0 bridgehead atoms. The third-order valence-electron chi connectivity index (χ3n) is 4.65. The van der Waals surface area contributed by atoms with Crippen molar-refractivity contribution in [1.29, 1.82) is 0 Å². The average Bonchev–Trinajstić information content (AvgIpc) is 3.12. The molecular formula is C21H11ClF3N3O3. The zero-order valence-corrected chi connectivity index (χ0v) is 16.1. The van der Waals surface area contributed by atoms with Crippen molar-refractivity contribution in [1.82, 2.24) is 14.5 Å². The number of rotatable bonds is 4. The molecule has 0 amide bonds. The van der Waals surface area contributed by atoms with Crippen molar-refractivity contribution in [3.63, 3.8) is 0 Å². The third kappa shape index (κ3) is 3.64. The van der Waals surface area contributed by atoms with E-state index >= 15 is 0 Å². The molecule has 0 atom stereocenters. The highest BCUT2D eigenvalue weighted by Gasteiger charge is 2.37. The molecule has 0 fully saturated rings. The van der Waals surface area contributed by atoms with Gasteiger partial charge in [-0.2, -0.15) is 13.2 Å². The monoisotopic (exact) mass is 445 g/mol. The second-order valence-electron chi connectivity index (χ2n) is 6.51. The van der Waals surface area contributed by atoms with E-state index in [0.717, 1.165) is 12.1 Å². The fraction of sp³-hybridized carbons (Fsp3) is 0.0476. The summed E-state index contributed by atoms with van der Waals surface area (Å²) in [5.41, 5.74) is -1.10. The molecule has 4 rings (SSSR count). The van der Waals surface area contributed by atoms with Crippen molar-refractivity contribution in [3.05, 3.63) is 88.5 Å². The van der Waals surface area contributed by atoms with Crippen LogP contribution < -0.4 is 0 Å². The molecule has 1 N–H and O–H groups in total. The van der Waals surface area contributed by atoms with Crippen molar-refractivity contribution >= 4 is 34.4 Å². The first kappa shape index (κ1) is 20.5. The number of carbonyl (C=O) groups excluding carboxylic acids is 1. The molecule has 0 spiro atoms. The summed E-state index contributed by atoms with van der Waals surface area (Å²) in [4.78, 5) is 32.3. The summed E-state index contributed by atoms with van der Waals surface area (Å²) in [6.07, 6.45) is -0.893. The van der Waals surface area contributed by atoms with E-state index in [1.54, 1.807) is 0 Å². The second-order valence-corrected chi connectivity index (χ2v) is 6.92. The van der Waals surface area contributed by atoms with Gasteiger partial charge in [0.15, 0.2) is 5.78 Å². The summed E-state index contributed by atoms with van der Waals surface area (Å²) in [5.74, 6) is -2.04. The summed E-state index contributed by atoms with van der Waals surface area (Å²) in [5, 5.41) is 8.96. The van der Waals surface area contributed by atoms with Crippen LogP contribution in [0.4, 0.5) is 13.2 Å². The number of aromatic nitrogens is 3. The van der Waals surface area contributed by atoms with Gasteiger partial charge in [-0.3, -0.25) is 4.79 Å². The van der Waals surface area contributed by atoms with Gasteiger partial charge >= 0.3 is 12.1 Å². The minimum atomic E-state index is -4.78. The molecule has 31 heavy (non-hydrogen) atoms. The predicted molar refractivity (Wildman–Crippen MR) is 106 cm³/mol. The van der Waals surface area contributed by atoms with Crippen LogP contribution in [0.1, 0.15) is 31.8 Å². The van der Waals surface area contributed by atoms with Gasteiger partial charge in [0.25, 0.3) is 0 Å². The molecule has 2 aromatic carbocycles. The van der Waals surface area contributed by atoms with Crippen molar-refractivity contribution < 1.29 is 27.9 Å². The Morgan fingerprint density at radius 1 is 1.06 bits per heavy atom. The first-order valence-corrected chi connectivity index (χ1v) is 9.11. The fourth-order valence-corrected chi connectivity index (χ4v) is 3.49. The standard InChI is InChI=1S/C21H11ClF3N3O3/c22-16-3-1-2-15(21(23,24)25)17(16)18(29)14-9-28(19-13(14)8-26-10-27-19)12-6-4-11(5-7-12)20(30)31/h1-10H,(H,30,31). The van der Waals surface area contributed by atoms with Crippen LogP contribution in [0.2, 0.25) is 5.02 Å². The number of hydrogen-bond acceptors (Lipinski definition) is 4. The predicted octanol–water partition coefficient (Wildman–Crippen LogP) is 5.02. The molecule has 0 aliphatic rings. The Kier molecular flexibility index (Phi) is 4.98. The number of aromatic carboxylic acids is 1. The van der Waals surface area contributed by atoms with Gasteiger partial charge in [0.05, 0.1) is 27.3 Å². The SMILES string of the molecule is O=C(O)c1ccc(-n2cc(C(=O)c3c(Cl)cccc3C(F)(F)F)c3cncnc32)cc1. The summed E-state index contributed by atoms with van der Waals surface area (Å²) >= 11 is 5.99. The van der Waals surface area contributed by atoms with Crippen LogP contribution in [-0.2, 0) is 6.18 Å². The van der Waals surface area contributed by atoms with Crippen molar-refractivity contribution in [2.45, 2.75) is 6.18 Å². The van der Waals surface area contributed by atoms with E-state index in [9.17, 15) is 22.8 Å². The molecule has 0 saturated heterocycles. The van der Waals surface area contributed by atoms with E-state index in [-0.39, 0.29) is 27.2 Å². The minimum Gasteiger partial charge on any atom is -0.478 e. The first-order chi connectivity index (χ1) is 14.7. The van der Waals surface area contributed by atoms with Crippen LogP contribution in [0.3, 0.4) is 0 Å². The lowest BCUT2D eigenvalue weighted by atomic mass is 9.98. The van der Waals surface area contributed by atoms with Crippen molar-refractivity contribution in [2.75, 3.05) is 0 Å². The molecule has 0 radical (unpaired) electrons. The molecule has 6 nitrogen and oxygen atoms in total. The lowest BCUT2D eigenvalue weighted by molar-refractivity contribution is -0.137. The van der Waals surface area contributed by atoms with E-state index in [2.05, 4.69) is 9.97 Å². The first-order valence-electron chi connectivity index (χ1n) is 8.73. The van der Waals surface area contributed by atoms with Gasteiger partial charge in [0, 0.05) is 23.5 Å². The van der Waals surface area contributed by atoms with Gasteiger partial charge < -0.3 is 9.67 Å². The maximum atomic E-state index is 13.5. The Hall–Kier alpha value is -3.72. The Morgan fingerprint density at radius 2 is 1.77 bits per heavy atom. The van der Waals surface area contributed by atoms with Gasteiger partial charge in [0.2, 0.25) is 0 Å². The highest BCUT2D eigenvalue weighted by Crippen LogP contribution is 2.37. The van der Waals surface area contributed by atoms with E-state index in [4.69, 9.17) is 16.7 Å². The van der Waals surface area contributed by atoms with E-state index in [0.29, 0.717) is 5.69 Å². The Labute approximate surface area is 177 Å². The minimum absolute atomic E-state index is 0.0528. The zero-order valence-electron chi connectivity index (χ0n) is 15.4. The Morgan fingerprint density at radius 3 is 2.42 bits per heavy atom. The largest absolute Gasteiger partial charge is 0.478 e. The van der Waals surface area contributed by atoms with E-state index in [1.807, 2.05) is 0 Å². The number of ketones is 1. The second kappa shape index (κ2) is 7.51. The summed E-state index contributed by atoms with van der Waals surface area (Å²) in [6, 6.07) is 8.85. The number of carbonyl (C=O) groups is 2. The number of fused-ring (bicyclic) bond motifs is 1. The number of carboxylic acid groups (broad SMARTS) is 1. The molecule has 10 heteroatoms. The summed E-state index contributed by atoms with van der Waals surface area (Å²) in [7, 11) is 0. The smallest absolute Gasteiger partial charge is 0.417 e. The number of carboxylic acids is 1. The van der Waals surface area contributed by atoms with Crippen molar-refractivity contribution in [2.24, 2.45) is 0 Å². The molecule has 0 saturated carbocycles. The van der Waals surface area contributed by atoms with Crippen molar-refractivity contribution in [3.8, 4) is 5.69 Å². The van der Waals surface area contributed by atoms with Crippen LogP contribution in [0, 0.1) is 0 Å². The fourth-order valence-electron chi connectivity index (χ4n) is 3.23. The van der Waals surface area contributed by atoms with Gasteiger partial charge in [-0.05, 0) is 36.4 Å². The highest BCUT2D eigenvalue weighted by molar-refractivity contribution is 6.35. The van der Waals surface area contributed by atoms with Crippen LogP contribution in [-0.4, -0.2) is 31.4 Å². The zero-order chi connectivity index (χ0) is 22.3. The molecule has 0 aliphatic heterocycles. The maximum Gasteiger partial charge on any atom is 0.417 e. The molecule has 156 valence electrons. The van der Waals surface area contributed by atoms with E-state index < -0.39 is 29.1 Å². The third-order valence-corrected chi connectivity index (χ3v) is 4.97. The molecule has 4 aromatic rings. The Bertz CT molecular complexity index is 1330. The summed E-state index contributed by atoms with van der Waals surface area (Å²) < 4.78 is 42.0. The Balaban J connectivity index is 1.91. The lowest BCUT2D eigenvalue weighted by Crippen LogP contribution is -2.14. The van der Waals surface area contributed by atoms with E-state index in [1.165, 1.54) is 53.6 Å². The number of alkyl halides is 3. The van der Waals surface area contributed by atoms with Crippen LogP contribution in [0.15, 0.2) is 61.2 Å². The van der Waals surface area contributed by atoms with Crippen LogP contribution in [0.25, 0.3) is 16.7 Å². The molecule has 0 unspecified atom stereocenters. The molecule has 0 aliphatic carbocycles. The normalized spacial score (nSPS) is 11.6. The quantitative estimate of drug-likeness (QED) is 0.446. The lowest BCUT2D eigenvalue weighted by Gasteiger charge is -2.13.